The van der Waals surface area contributed by atoms with Gasteiger partial charge in [-0.15, -0.1) is 0 Å². The Morgan fingerprint density at radius 2 is 1.93 bits per heavy atom. The van der Waals surface area contributed by atoms with Crippen LogP contribution in [0, 0.1) is 6.92 Å². The first-order chi connectivity index (χ1) is 13.9. The Labute approximate surface area is 168 Å². The molecular formula is C20H27N5O4. The molecule has 0 saturated carbocycles. The van der Waals surface area contributed by atoms with E-state index in [2.05, 4.69) is 9.97 Å². The van der Waals surface area contributed by atoms with Gasteiger partial charge in [0, 0.05) is 20.1 Å². The molecule has 0 bridgehead atoms. The second-order valence-electron chi connectivity index (χ2n) is 6.92. The van der Waals surface area contributed by atoms with E-state index in [1.54, 1.807) is 11.6 Å². The van der Waals surface area contributed by atoms with E-state index in [0.29, 0.717) is 24.8 Å². The largest absolute Gasteiger partial charge is 0.491 e. The zero-order chi connectivity index (χ0) is 21.1. The molecule has 2 aromatic heterocycles. The van der Waals surface area contributed by atoms with Crippen LogP contribution in [-0.4, -0.2) is 50.0 Å². The third-order valence-electron chi connectivity index (χ3n) is 4.95. The van der Waals surface area contributed by atoms with E-state index in [0.717, 1.165) is 5.56 Å². The molecule has 0 amide bonds. The smallest absolute Gasteiger partial charge is 0.329 e. The molecule has 29 heavy (non-hydrogen) atoms. The first-order valence-corrected chi connectivity index (χ1v) is 9.68. The summed E-state index contributed by atoms with van der Waals surface area (Å²) in [4.78, 5) is 33.3. The van der Waals surface area contributed by atoms with Crippen molar-refractivity contribution in [2.24, 2.45) is 7.05 Å². The molecule has 0 aliphatic rings. The Morgan fingerprint density at radius 1 is 1.24 bits per heavy atom. The van der Waals surface area contributed by atoms with Crippen molar-refractivity contribution in [3.05, 3.63) is 50.7 Å². The predicted molar refractivity (Wildman–Crippen MR) is 112 cm³/mol. The van der Waals surface area contributed by atoms with E-state index >= 15 is 0 Å². The number of imidazole rings is 1. The van der Waals surface area contributed by atoms with Gasteiger partial charge in [0.05, 0.1) is 6.54 Å². The van der Waals surface area contributed by atoms with Gasteiger partial charge in [-0.05, 0) is 32.4 Å². The summed E-state index contributed by atoms with van der Waals surface area (Å²) in [6.07, 6.45) is -0.877. The van der Waals surface area contributed by atoms with Crippen LogP contribution in [-0.2, 0) is 13.6 Å². The lowest BCUT2D eigenvalue weighted by molar-refractivity contribution is 0.0933. The third-order valence-corrected chi connectivity index (χ3v) is 4.95. The number of aliphatic hydroxyl groups is 1. The molecule has 3 aromatic rings. The normalized spacial score (nSPS) is 12.3. The lowest BCUT2D eigenvalue weighted by Gasteiger charge is -2.22. The van der Waals surface area contributed by atoms with Gasteiger partial charge < -0.3 is 19.3 Å². The van der Waals surface area contributed by atoms with Gasteiger partial charge in [0.25, 0.3) is 5.56 Å². The Bertz CT molecular complexity index is 1110. The summed E-state index contributed by atoms with van der Waals surface area (Å²) in [6.45, 7) is 7.40. The first kappa shape index (κ1) is 20.7. The highest BCUT2D eigenvalue weighted by molar-refractivity contribution is 5.74. The SMILES string of the molecule is CCN(CC)c1nc2c(c(=O)[nH]c(=O)n2C)n1CC(O)COc1ccccc1C. The van der Waals surface area contributed by atoms with Gasteiger partial charge in [-0.1, -0.05) is 18.2 Å². The summed E-state index contributed by atoms with van der Waals surface area (Å²) in [5.41, 5.74) is 0.461. The molecule has 1 unspecified atom stereocenters. The molecular weight excluding hydrogens is 374 g/mol. The van der Waals surface area contributed by atoms with Crippen LogP contribution in [0.3, 0.4) is 0 Å². The van der Waals surface area contributed by atoms with Crippen molar-refractivity contribution >= 4 is 17.1 Å². The summed E-state index contributed by atoms with van der Waals surface area (Å²) < 4.78 is 8.71. The second kappa shape index (κ2) is 8.52. The van der Waals surface area contributed by atoms with Crippen LogP contribution in [0.15, 0.2) is 33.9 Å². The van der Waals surface area contributed by atoms with Gasteiger partial charge in [0.15, 0.2) is 11.2 Å². The number of nitrogens with one attached hydrogen (secondary N) is 1. The van der Waals surface area contributed by atoms with Crippen molar-refractivity contribution in [3.63, 3.8) is 0 Å². The molecule has 9 nitrogen and oxygen atoms in total. The molecule has 0 radical (unpaired) electrons. The molecule has 1 aromatic carbocycles. The maximum atomic E-state index is 12.5. The molecule has 0 saturated heterocycles. The Morgan fingerprint density at radius 3 is 2.59 bits per heavy atom. The molecule has 156 valence electrons. The van der Waals surface area contributed by atoms with Gasteiger partial charge in [-0.25, -0.2) is 4.79 Å². The molecule has 1 atom stereocenters. The fraction of sp³-hybridized carbons (Fsp3) is 0.450. The van der Waals surface area contributed by atoms with Crippen LogP contribution in [0.2, 0.25) is 0 Å². The Balaban J connectivity index is 1.97. The molecule has 0 aliphatic heterocycles. The number of benzene rings is 1. The number of ether oxygens (including phenoxy) is 1. The van der Waals surface area contributed by atoms with Crippen molar-refractivity contribution in [2.45, 2.75) is 33.4 Å². The van der Waals surface area contributed by atoms with E-state index < -0.39 is 17.4 Å². The molecule has 2 N–H and O–H groups in total. The maximum Gasteiger partial charge on any atom is 0.329 e. The number of rotatable bonds is 8. The van der Waals surface area contributed by atoms with Crippen molar-refractivity contribution in [3.8, 4) is 5.75 Å². The van der Waals surface area contributed by atoms with E-state index in [9.17, 15) is 14.7 Å². The summed E-state index contributed by atoms with van der Waals surface area (Å²) in [5, 5.41) is 10.6. The summed E-state index contributed by atoms with van der Waals surface area (Å²) in [5.74, 6) is 1.23. The van der Waals surface area contributed by atoms with Crippen LogP contribution in [0.4, 0.5) is 5.95 Å². The molecule has 0 fully saturated rings. The molecule has 0 spiro atoms. The number of H-pyrrole nitrogens is 1. The lowest BCUT2D eigenvalue weighted by Crippen LogP contribution is -2.32. The first-order valence-electron chi connectivity index (χ1n) is 9.68. The quantitative estimate of drug-likeness (QED) is 0.584. The number of aliphatic hydroxyl groups excluding tert-OH is 1. The fourth-order valence-corrected chi connectivity index (χ4v) is 3.31. The second-order valence-corrected chi connectivity index (χ2v) is 6.92. The fourth-order valence-electron chi connectivity index (χ4n) is 3.31. The van der Waals surface area contributed by atoms with Gasteiger partial charge in [0.2, 0.25) is 5.95 Å². The standard InChI is InChI=1S/C20H27N5O4/c1-5-24(6-2)19-21-17-16(18(27)22-20(28)23(17)4)25(19)11-14(26)12-29-15-10-8-7-9-13(15)3/h7-10,14,26H,5-6,11-12H2,1-4H3,(H,22,27,28). The number of fused-ring (bicyclic) bond motifs is 1. The summed E-state index contributed by atoms with van der Waals surface area (Å²) in [7, 11) is 1.56. The molecule has 9 heteroatoms. The predicted octanol–water partition coefficient (Wildman–Crippen LogP) is 1.02. The van der Waals surface area contributed by atoms with Gasteiger partial charge in [0.1, 0.15) is 18.5 Å². The average Bonchev–Trinajstić information content (AvgIpc) is 3.06. The number of para-hydroxylation sites is 1. The van der Waals surface area contributed by atoms with Crippen LogP contribution in [0.1, 0.15) is 19.4 Å². The van der Waals surface area contributed by atoms with Crippen LogP contribution >= 0.6 is 0 Å². The van der Waals surface area contributed by atoms with E-state index in [1.807, 2.05) is 49.9 Å². The topological polar surface area (TPSA) is 105 Å². The Hall–Kier alpha value is -3.07. The number of anilines is 1. The minimum absolute atomic E-state index is 0.0614. The number of aromatic nitrogens is 4. The lowest BCUT2D eigenvalue weighted by atomic mass is 10.2. The van der Waals surface area contributed by atoms with E-state index in [4.69, 9.17) is 4.74 Å². The maximum absolute atomic E-state index is 12.5. The summed E-state index contributed by atoms with van der Waals surface area (Å²) >= 11 is 0. The van der Waals surface area contributed by atoms with Crippen molar-refractivity contribution in [1.29, 1.82) is 0 Å². The number of hydrogen-bond acceptors (Lipinski definition) is 6. The van der Waals surface area contributed by atoms with Crippen LogP contribution in [0.25, 0.3) is 11.2 Å². The minimum Gasteiger partial charge on any atom is -0.491 e. The number of aromatic amines is 1. The van der Waals surface area contributed by atoms with E-state index in [1.165, 1.54) is 4.57 Å². The van der Waals surface area contributed by atoms with Crippen molar-refractivity contribution in [2.75, 3.05) is 24.6 Å². The highest BCUT2D eigenvalue weighted by atomic mass is 16.5. The highest BCUT2D eigenvalue weighted by Gasteiger charge is 2.22. The monoisotopic (exact) mass is 401 g/mol. The molecule has 0 aliphatic carbocycles. The Kier molecular flexibility index (Phi) is 6.07. The zero-order valence-electron chi connectivity index (χ0n) is 17.2. The zero-order valence-corrected chi connectivity index (χ0v) is 17.2. The molecule has 3 rings (SSSR count). The van der Waals surface area contributed by atoms with Crippen molar-refractivity contribution in [1.82, 2.24) is 19.1 Å². The average molecular weight is 401 g/mol. The highest BCUT2D eigenvalue weighted by Crippen LogP contribution is 2.21. The molecule has 2 heterocycles. The van der Waals surface area contributed by atoms with Gasteiger partial charge >= 0.3 is 5.69 Å². The van der Waals surface area contributed by atoms with Gasteiger partial charge in [-0.3, -0.25) is 14.3 Å². The third kappa shape index (κ3) is 4.04. The number of nitrogens with zero attached hydrogens (tertiary/aromatic N) is 4. The number of aryl methyl sites for hydroxylation is 2. The number of hydrogen-bond donors (Lipinski definition) is 2. The van der Waals surface area contributed by atoms with Gasteiger partial charge in [-0.2, -0.15) is 4.98 Å². The van der Waals surface area contributed by atoms with E-state index in [-0.39, 0.29) is 24.3 Å². The van der Waals surface area contributed by atoms with Crippen molar-refractivity contribution < 1.29 is 9.84 Å². The minimum atomic E-state index is -0.877. The van der Waals surface area contributed by atoms with Crippen LogP contribution in [0.5, 0.6) is 5.75 Å². The van der Waals surface area contributed by atoms with Crippen LogP contribution < -0.4 is 20.9 Å². The summed E-state index contributed by atoms with van der Waals surface area (Å²) in [6, 6.07) is 7.57.